The Bertz CT molecular complexity index is 956. The Kier molecular flexibility index (Phi) is 6.23. The normalized spacial score (nSPS) is 10.4. The van der Waals surface area contributed by atoms with E-state index >= 15 is 0 Å². The lowest BCUT2D eigenvalue weighted by molar-refractivity contribution is -0.121. The third-order valence-corrected chi connectivity index (χ3v) is 4.20. The van der Waals surface area contributed by atoms with Crippen LogP contribution in [0.3, 0.4) is 0 Å². The summed E-state index contributed by atoms with van der Waals surface area (Å²) < 4.78 is 1.73. The predicted octanol–water partition coefficient (Wildman–Crippen LogP) is 2.88. The van der Waals surface area contributed by atoms with Gasteiger partial charge >= 0.3 is 6.03 Å². The van der Waals surface area contributed by atoms with Crippen molar-refractivity contribution < 1.29 is 9.59 Å². The fourth-order valence-electron chi connectivity index (χ4n) is 2.63. The number of halogens is 1. The van der Waals surface area contributed by atoms with Crippen molar-refractivity contribution in [3.8, 4) is 5.69 Å². The molecular weight excluding hydrogens is 380 g/mol. The van der Waals surface area contributed by atoms with Crippen molar-refractivity contribution in [2.75, 3.05) is 5.32 Å². The topological polar surface area (TPSA) is 101 Å². The van der Waals surface area contributed by atoms with Gasteiger partial charge in [0.15, 0.2) is 0 Å². The zero-order valence-electron chi connectivity index (χ0n) is 15.1. The number of anilines is 1. The second-order valence-electron chi connectivity index (χ2n) is 5.91. The molecule has 3 N–H and O–H groups in total. The lowest BCUT2D eigenvalue weighted by atomic mass is 10.2. The molecule has 3 aromatic rings. The number of hydrazine groups is 1. The van der Waals surface area contributed by atoms with Crippen LogP contribution in [0.2, 0.25) is 5.02 Å². The van der Waals surface area contributed by atoms with E-state index in [1.54, 1.807) is 47.5 Å². The fraction of sp³-hybridized carbons (Fsp3) is 0.158. The van der Waals surface area contributed by atoms with Crippen molar-refractivity contribution in [1.82, 2.24) is 25.6 Å². The average molecular weight is 399 g/mol. The Labute approximate surface area is 166 Å². The molecule has 0 fully saturated rings. The summed E-state index contributed by atoms with van der Waals surface area (Å²) in [5, 5.41) is 7.66. The summed E-state index contributed by atoms with van der Waals surface area (Å²) in [6.45, 7) is 1.96. The third kappa shape index (κ3) is 4.86. The van der Waals surface area contributed by atoms with Crippen LogP contribution in [0.4, 0.5) is 10.5 Å². The molecular formula is C19H19ClN6O2. The number of hydrogen-bond acceptors (Lipinski definition) is 4. The van der Waals surface area contributed by atoms with Crippen molar-refractivity contribution in [3.05, 3.63) is 71.3 Å². The van der Waals surface area contributed by atoms with E-state index in [1.807, 2.05) is 19.1 Å². The Morgan fingerprint density at radius 1 is 1.07 bits per heavy atom. The summed E-state index contributed by atoms with van der Waals surface area (Å²) in [5.74, 6) is -0.339. The number of carbonyl (C=O) groups is 2. The van der Waals surface area contributed by atoms with E-state index in [-0.39, 0.29) is 12.3 Å². The molecule has 144 valence electrons. The van der Waals surface area contributed by atoms with E-state index in [4.69, 9.17) is 11.6 Å². The summed E-state index contributed by atoms with van der Waals surface area (Å²) in [4.78, 5) is 27.9. The van der Waals surface area contributed by atoms with Gasteiger partial charge in [-0.15, -0.1) is 0 Å². The minimum atomic E-state index is -0.562. The second kappa shape index (κ2) is 9.01. The molecule has 0 atom stereocenters. The molecule has 0 spiro atoms. The van der Waals surface area contributed by atoms with Crippen LogP contribution in [0.15, 0.2) is 55.0 Å². The van der Waals surface area contributed by atoms with Gasteiger partial charge in [-0.1, -0.05) is 18.5 Å². The van der Waals surface area contributed by atoms with Crippen molar-refractivity contribution in [3.63, 3.8) is 0 Å². The van der Waals surface area contributed by atoms with Gasteiger partial charge in [0.25, 0.3) is 0 Å². The molecule has 0 bridgehead atoms. The average Bonchev–Trinajstić information content (AvgIpc) is 3.10. The molecule has 0 radical (unpaired) electrons. The van der Waals surface area contributed by atoms with E-state index in [0.29, 0.717) is 17.1 Å². The molecule has 3 amide bonds. The van der Waals surface area contributed by atoms with Crippen molar-refractivity contribution in [1.29, 1.82) is 0 Å². The molecule has 3 rings (SSSR count). The summed E-state index contributed by atoms with van der Waals surface area (Å²) in [5.41, 5.74) is 7.72. The first-order valence-electron chi connectivity index (χ1n) is 8.64. The molecule has 8 nitrogen and oxygen atoms in total. The number of urea groups is 1. The summed E-state index contributed by atoms with van der Waals surface area (Å²) >= 11 is 5.93. The molecule has 0 unspecified atom stereocenters. The van der Waals surface area contributed by atoms with Gasteiger partial charge in [-0.05, 0) is 48.4 Å². The van der Waals surface area contributed by atoms with Gasteiger partial charge in [-0.2, -0.15) is 5.10 Å². The van der Waals surface area contributed by atoms with Crippen molar-refractivity contribution in [2.24, 2.45) is 0 Å². The number of amides is 3. The number of nitrogens with one attached hydrogen (secondary N) is 3. The maximum atomic E-state index is 12.1. The van der Waals surface area contributed by atoms with Crippen LogP contribution in [0.5, 0.6) is 0 Å². The monoisotopic (exact) mass is 398 g/mol. The number of benzene rings is 1. The SMILES string of the molecule is CCc1c(NC(=O)NNC(=O)Cc2ccncc2)cnn1-c1ccc(Cl)cc1. The van der Waals surface area contributed by atoms with Crippen molar-refractivity contribution in [2.45, 2.75) is 19.8 Å². The lowest BCUT2D eigenvalue weighted by Crippen LogP contribution is -2.44. The molecule has 1 aromatic carbocycles. The first-order chi connectivity index (χ1) is 13.6. The highest BCUT2D eigenvalue weighted by atomic mass is 35.5. The minimum Gasteiger partial charge on any atom is -0.303 e. The Morgan fingerprint density at radius 3 is 2.46 bits per heavy atom. The Balaban J connectivity index is 1.59. The van der Waals surface area contributed by atoms with Gasteiger partial charge in [0.2, 0.25) is 5.91 Å². The number of aromatic nitrogens is 3. The van der Waals surface area contributed by atoms with E-state index < -0.39 is 6.03 Å². The second-order valence-corrected chi connectivity index (χ2v) is 6.34. The highest BCUT2D eigenvalue weighted by Crippen LogP contribution is 2.21. The Morgan fingerprint density at radius 2 is 1.79 bits per heavy atom. The third-order valence-electron chi connectivity index (χ3n) is 3.95. The zero-order valence-corrected chi connectivity index (χ0v) is 15.9. The van der Waals surface area contributed by atoms with Crippen LogP contribution in [-0.2, 0) is 17.6 Å². The van der Waals surface area contributed by atoms with E-state index in [1.165, 1.54) is 0 Å². The minimum absolute atomic E-state index is 0.136. The highest BCUT2D eigenvalue weighted by Gasteiger charge is 2.13. The fourth-order valence-corrected chi connectivity index (χ4v) is 2.76. The van der Waals surface area contributed by atoms with Crippen LogP contribution in [0.25, 0.3) is 5.69 Å². The zero-order chi connectivity index (χ0) is 19.9. The maximum absolute atomic E-state index is 12.1. The quantitative estimate of drug-likeness (QED) is 0.575. The van der Waals surface area contributed by atoms with Gasteiger partial charge < -0.3 is 5.32 Å². The maximum Gasteiger partial charge on any atom is 0.338 e. The van der Waals surface area contributed by atoms with E-state index in [2.05, 4.69) is 26.3 Å². The van der Waals surface area contributed by atoms with Gasteiger partial charge in [0.05, 0.1) is 29.7 Å². The molecule has 0 aliphatic rings. The molecule has 2 aromatic heterocycles. The lowest BCUT2D eigenvalue weighted by Gasteiger charge is -2.10. The van der Waals surface area contributed by atoms with Gasteiger partial charge in [0, 0.05) is 17.4 Å². The number of rotatable bonds is 5. The smallest absolute Gasteiger partial charge is 0.303 e. The molecule has 2 heterocycles. The van der Waals surface area contributed by atoms with Crippen LogP contribution in [0, 0.1) is 0 Å². The highest BCUT2D eigenvalue weighted by molar-refractivity contribution is 6.30. The van der Waals surface area contributed by atoms with Crippen LogP contribution in [0.1, 0.15) is 18.2 Å². The summed E-state index contributed by atoms with van der Waals surface area (Å²) in [6.07, 6.45) is 5.55. The molecule has 0 aliphatic heterocycles. The van der Waals surface area contributed by atoms with Gasteiger partial charge in [0.1, 0.15) is 0 Å². The first-order valence-corrected chi connectivity index (χ1v) is 9.02. The standard InChI is InChI=1S/C19H19ClN6O2/c1-2-17-16(12-22-26(17)15-5-3-14(20)4-6-15)23-19(28)25-24-18(27)11-13-7-9-21-10-8-13/h3-10,12H,2,11H2,1H3,(H,24,27)(H2,23,25,28). The molecule has 0 saturated carbocycles. The summed E-state index contributed by atoms with van der Waals surface area (Å²) in [6, 6.07) is 10.1. The largest absolute Gasteiger partial charge is 0.338 e. The van der Waals surface area contributed by atoms with E-state index in [0.717, 1.165) is 16.9 Å². The number of carbonyl (C=O) groups excluding carboxylic acids is 2. The van der Waals surface area contributed by atoms with Crippen LogP contribution < -0.4 is 16.2 Å². The number of hydrogen-bond donors (Lipinski definition) is 3. The molecule has 0 saturated heterocycles. The van der Waals surface area contributed by atoms with Gasteiger partial charge in [-0.3, -0.25) is 15.2 Å². The number of nitrogens with zero attached hydrogens (tertiary/aromatic N) is 3. The van der Waals surface area contributed by atoms with E-state index in [9.17, 15) is 9.59 Å². The number of pyridine rings is 1. The van der Waals surface area contributed by atoms with Crippen molar-refractivity contribution >= 4 is 29.2 Å². The Hall–Kier alpha value is -3.39. The summed E-state index contributed by atoms with van der Waals surface area (Å²) in [7, 11) is 0. The van der Waals surface area contributed by atoms with Gasteiger partial charge in [-0.25, -0.2) is 14.9 Å². The predicted molar refractivity (Wildman–Crippen MR) is 106 cm³/mol. The molecule has 0 aliphatic carbocycles. The first kappa shape index (κ1) is 19.4. The van der Waals surface area contributed by atoms with Crippen LogP contribution in [-0.4, -0.2) is 26.7 Å². The molecule has 28 heavy (non-hydrogen) atoms. The molecule has 9 heteroatoms. The van der Waals surface area contributed by atoms with Crippen LogP contribution >= 0.6 is 11.6 Å².